The average molecular weight is 283 g/mol. The summed E-state index contributed by atoms with van der Waals surface area (Å²) in [6.07, 6.45) is 11.4. The number of hydrogen-bond donors (Lipinski definition) is 1. The molecular weight excluding hydrogens is 254 g/mol. The average Bonchev–Trinajstić information content (AvgIpc) is 2.44. The van der Waals surface area contributed by atoms with E-state index in [0.717, 1.165) is 25.7 Å². The summed E-state index contributed by atoms with van der Waals surface area (Å²) in [5.74, 6) is -0.681. The molecule has 1 amide bonds. The molecule has 0 saturated heterocycles. The maximum absolute atomic E-state index is 11.4. The van der Waals surface area contributed by atoms with Gasteiger partial charge in [0.05, 0.1) is 6.61 Å². The summed E-state index contributed by atoms with van der Waals surface area (Å²) in [5.41, 5.74) is 0. The van der Waals surface area contributed by atoms with Crippen molar-refractivity contribution in [2.45, 2.75) is 65.2 Å². The Morgan fingerprint density at radius 2 is 1.55 bits per heavy atom. The van der Waals surface area contributed by atoms with Crippen LogP contribution < -0.4 is 5.32 Å². The molecule has 0 aliphatic rings. The summed E-state index contributed by atoms with van der Waals surface area (Å²) in [6.45, 7) is 5.30. The fraction of sp³-hybridized carbons (Fsp3) is 0.750. The lowest BCUT2D eigenvalue weighted by Crippen LogP contribution is -2.22. The van der Waals surface area contributed by atoms with Crippen molar-refractivity contribution in [3.63, 3.8) is 0 Å². The Bertz CT molecular complexity index is 287. The van der Waals surface area contributed by atoms with Gasteiger partial charge in [0.15, 0.2) is 0 Å². The second-order valence-corrected chi connectivity index (χ2v) is 4.91. The number of rotatable bonds is 12. The van der Waals surface area contributed by atoms with Crippen molar-refractivity contribution in [2.75, 3.05) is 13.2 Å². The van der Waals surface area contributed by atoms with Crippen molar-refractivity contribution in [3.05, 3.63) is 12.2 Å². The van der Waals surface area contributed by atoms with Crippen LogP contribution in [0.3, 0.4) is 0 Å². The zero-order valence-corrected chi connectivity index (χ0v) is 13.0. The zero-order valence-electron chi connectivity index (χ0n) is 13.0. The first-order valence-electron chi connectivity index (χ1n) is 7.83. The van der Waals surface area contributed by atoms with Gasteiger partial charge in [0.25, 0.3) is 0 Å². The Hall–Kier alpha value is -1.32. The van der Waals surface area contributed by atoms with Gasteiger partial charge in [0, 0.05) is 18.7 Å². The van der Waals surface area contributed by atoms with Gasteiger partial charge >= 0.3 is 5.97 Å². The third-order valence-corrected chi connectivity index (χ3v) is 2.94. The van der Waals surface area contributed by atoms with Crippen LogP contribution in [0.2, 0.25) is 0 Å². The summed E-state index contributed by atoms with van der Waals surface area (Å²) in [6, 6.07) is 0. The topological polar surface area (TPSA) is 55.4 Å². The molecule has 20 heavy (non-hydrogen) atoms. The normalized spacial score (nSPS) is 10.7. The van der Waals surface area contributed by atoms with Crippen LogP contribution in [-0.4, -0.2) is 25.0 Å². The van der Waals surface area contributed by atoms with Crippen molar-refractivity contribution in [1.82, 2.24) is 5.32 Å². The first kappa shape index (κ1) is 18.7. The number of esters is 1. The lowest BCUT2D eigenvalue weighted by atomic mass is 10.1. The van der Waals surface area contributed by atoms with Gasteiger partial charge in [-0.15, -0.1) is 0 Å². The third kappa shape index (κ3) is 13.1. The van der Waals surface area contributed by atoms with Crippen LogP contribution in [0.25, 0.3) is 0 Å². The van der Waals surface area contributed by atoms with Gasteiger partial charge in [-0.05, 0) is 12.8 Å². The minimum absolute atomic E-state index is 0.231. The zero-order chi connectivity index (χ0) is 15.1. The van der Waals surface area contributed by atoms with Gasteiger partial charge in [0.2, 0.25) is 5.91 Å². The number of amides is 1. The van der Waals surface area contributed by atoms with E-state index in [2.05, 4.69) is 12.2 Å². The fourth-order valence-corrected chi connectivity index (χ4v) is 1.68. The second-order valence-electron chi connectivity index (χ2n) is 4.91. The largest absolute Gasteiger partial charge is 0.463 e. The standard InChI is InChI=1S/C16H29NO3/c1-3-5-7-8-9-10-13-17-15(18)11-12-16(19)20-14-6-4-2/h11-12H,3-10,13-14H2,1-2H3,(H,17,18)/b12-11-. The van der Waals surface area contributed by atoms with E-state index in [-0.39, 0.29) is 5.91 Å². The van der Waals surface area contributed by atoms with Crippen LogP contribution in [-0.2, 0) is 14.3 Å². The van der Waals surface area contributed by atoms with Crippen molar-refractivity contribution < 1.29 is 14.3 Å². The molecule has 0 aliphatic heterocycles. The number of nitrogens with one attached hydrogen (secondary N) is 1. The maximum atomic E-state index is 11.4. The molecule has 0 aromatic heterocycles. The molecule has 0 heterocycles. The van der Waals surface area contributed by atoms with Gasteiger partial charge in [-0.25, -0.2) is 4.79 Å². The molecule has 0 aromatic carbocycles. The molecule has 0 fully saturated rings. The number of hydrogen-bond acceptors (Lipinski definition) is 3. The molecule has 0 spiro atoms. The van der Waals surface area contributed by atoms with Crippen LogP contribution in [0.1, 0.15) is 65.2 Å². The molecule has 0 atom stereocenters. The first-order valence-corrected chi connectivity index (χ1v) is 7.83. The smallest absolute Gasteiger partial charge is 0.330 e. The Morgan fingerprint density at radius 3 is 2.25 bits per heavy atom. The fourth-order valence-electron chi connectivity index (χ4n) is 1.68. The highest BCUT2D eigenvalue weighted by atomic mass is 16.5. The molecule has 1 N–H and O–H groups in total. The van der Waals surface area contributed by atoms with E-state index in [1.807, 2.05) is 6.92 Å². The Morgan fingerprint density at radius 1 is 0.900 bits per heavy atom. The van der Waals surface area contributed by atoms with Crippen LogP contribution >= 0.6 is 0 Å². The van der Waals surface area contributed by atoms with E-state index in [1.165, 1.54) is 37.8 Å². The SMILES string of the molecule is CCCCCCCCNC(=O)/C=C\C(=O)OCCCC. The quantitative estimate of drug-likeness (QED) is 0.339. The van der Waals surface area contributed by atoms with Crippen LogP contribution in [0.4, 0.5) is 0 Å². The van der Waals surface area contributed by atoms with E-state index in [1.54, 1.807) is 0 Å². The molecule has 0 radical (unpaired) electrons. The van der Waals surface area contributed by atoms with E-state index < -0.39 is 5.97 Å². The summed E-state index contributed by atoms with van der Waals surface area (Å²) in [5, 5.41) is 2.76. The highest BCUT2D eigenvalue weighted by Crippen LogP contribution is 2.03. The van der Waals surface area contributed by atoms with Gasteiger partial charge in [0.1, 0.15) is 0 Å². The van der Waals surface area contributed by atoms with E-state index >= 15 is 0 Å². The maximum Gasteiger partial charge on any atom is 0.330 e. The number of unbranched alkanes of at least 4 members (excludes halogenated alkanes) is 6. The number of carbonyl (C=O) groups is 2. The van der Waals surface area contributed by atoms with E-state index in [9.17, 15) is 9.59 Å². The lowest BCUT2D eigenvalue weighted by Gasteiger charge is -2.02. The van der Waals surface area contributed by atoms with Crippen molar-refractivity contribution in [1.29, 1.82) is 0 Å². The predicted molar refractivity (Wildman–Crippen MR) is 81.4 cm³/mol. The van der Waals surface area contributed by atoms with Gasteiger partial charge in [-0.1, -0.05) is 52.4 Å². The van der Waals surface area contributed by atoms with Crippen molar-refractivity contribution >= 4 is 11.9 Å². The van der Waals surface area contributed by atoms with Crippen LogP contribution in [0.15, 0.2) is 12.2 Å². The Kier molecular flexibility index (Phi) is 13.2. The van der Waals surface area contributed by atoms with E-state index in [0.29, 0.717) is 13.2 Å². The van der Waals surface area contributed by atoms with Crippen molar-refractivity contribution in [3.8, 4) is 0 Å². The third-order valence-electron chi connectivity index (χ3n) is 2.94. The molecule has 0 saturated carbocycles. The van der Waals surface area contributed by atoms with Crippen molar-refractivity contribution in [2.24, 2.45) is 0 Å². The van der Waals surface area contributed by atoms with Crippen LogP contribution in [0, 0.1) is 0 Å². The second kappa shape index (κ2) is 14.1. The van der Waals surface area contributed by atoms with E-state index in [4.69, 9.17) is 4.74 Å². The number of ether oxygens (including phenoxy) is 1. The van der Waals surface area contributed by atoms with Gasteiger partial charge < -0.3 is 10.1 Å². The molecule has 0 aromatic rings. The molecule has 116 valence electrons. The molecule has 0 rings (SSSR count). The molecular formula is C16H29NO3. The molecule has 0 bridgehead atoms. The summed E-state index contributed by atoms with van der Waals surface area (Å²) < 4.78 is 4.91. The lowest BCUT2D eigenvalue weighted by molar-refractivity contribution is -0.138. The summed E-state index contributed by atoms with van der Waals surface area (Å²) in [4.78, 5) is 22.6. The minimum atomic E-state index is -0.451. The monoisotopic (exact) mass is 283 g/mol. The molecule has 4 heteroatoms. The van der Waals surface area contributed by atoms with Crippen LogP contribution in [0.5, 0.6) is 0 Å². The highest BCUT2D eigenvalue weighted by molar-refractivity contribution is 5.94. The first-order chi connectivity index (χ1) is 9.70. The predicted octanol–water partition coefficient (Wildman–Crippen LogP) is 3.36. The molecule has 0 unspecified atom stereocenters. The minimum Gasteiger partial charge on any atom is -0.463 e. The molecule has 0 aliphatic carbocycles. The van der Waals surface area contributed by atoms with Gasteiger partial charge in [-0.3, -0.25) is 4.79 Å². The summed E-state index contributed by atoms with van der Waals surface area (Å²) >= 11 is 0. The van der Waals surface area contributed by atoms with Gasteiger partial charge in [-0.2, -0.15) is 0 Å². The summed E-state index contributed by atoms with van der Waals surface area (Å²) in [7, 11) is 0. The molecule has 4 nitrogen and oxygen atoms in total. The number of carbonyl (C=O) groups excluding carboxylic acids is 2. The Balaban J connectivity index is 3.50. The Labute approximate surface area is 123 Å². The highest BCUT2D eigenvalue weighted by Gasteiger charge is 1.99.